The number of nitrogens with two attached hydrogens (primary N) is 2. The van der Waals surface area contributed by atoms with Gasteiger partial charge in [0.15, 0.2) is 5.75 Å². The molecule has 0 aliphatic carbocycles. The minimum Gasteiger partial charge on any atom is -0.481 e. The van der Waals surface area contributed by atoms with Crippen LogP contribution in [0.4, 0.5) is 16.2 Å². The Balaban J connectivity index is 1.50. The standard InChI is InChI=1S/C20H23N7O9S3/c21-5-13(28)27(11-3-1-2-10(4-11)23-18(22)32)14-15(29)26-7-20(17(30)31,8-37-16(14)26)9-38-19-25-24-12(36-19)6-39(33,34)35/h1-4,14,16H,5-9,21H2,(H,30,31)(H3,22,23,32)(H,33,34,35)/t14?,16-,20?/m1/s1. The number of thioether (sulfide) groups is 2. The van der Waals surface area contributed by atoms with Crippen molar-refractivity contribution in [3.8, 4) is 0 Å². The molecular formula is C20H23N7O9S3. The Labute approximate surface area is 229 Å². The number of hydrogen-bond donors (Lipinski definition) is 5. The van der Waals surface area contributed by atoms with Crippen molar-refractivity contribution in [2.45, 2.75) is 22.4 Å². The van der Waals surface area contributed by atoms with Crippen LogP contribution >= 0.6 is 23.5 Å². The third-order valence-corrected chi connectivity index (χ3v) is 9.20. The second-order valence-corrected chi connectivity index (χ2v) is 12.2. The molecule has 2 aromatic rings. The van der Waals surface area contributed by atoms with E-state index in [0.717, 1.165) is 11.8 Å². The van der Waals surface area contributed by atoms with Gasteiger partial charge in [-0.3, -0.25) is 23.8 Å². The molecule has 210 valence electrons. The lowest BCUT2D eigenvalue weighted by molar-refractivity contribution is -0.156. The van der Waals surface area contributed by atoms with Gasteiger partial charge < -0.3 is 31.2 Å². The van der Waals surface area contributed by atoms with Crippen molar-refractivity contribution in [3.63, 3.8) is 0 Å². The fraction of sp³-hybridized carbons (Fsp3) is 0.400. The molecule has 2 saturated heterocycles. The number of rotatable bonds is 10. The van der Waals surface area contributed by atoms with Crippen LogP contribution in [-0.2, 0) is 30.3 Å². The fourth-order valence-corrected chi connectivity index (χ4v) is 7.25. The van der Waals surface area contributed by atoms with Gasteiger partial charge in [-0.2, -0.15) is 8.42 Å². The van der Waals surface area contributed by atoms with Crippen molar-refractivity contribution in [2.24, 2.45) is 16.9 Å². The maximum absolute atomic E-state index is 13.3. The number of nitrogens with zero attached hydrogens (tertiary/aromatic N) is 4. The molecule has 0 radical (unpaired) electrons. The lowest BCUT2D eigenvalue weighted by Gasteiger charge is -2.56. The van der Waals surface area contributed by atoms with Gasteiger partial charge in [0.2, 0.25) is 17.7 Å². The predicted molar refractivity (Wildman–Crippen MR) is 138 cm³/mol. The SMILES string of the molecule is NCC(=O)N(c1cccc(NC(N)=O)c1)C1C(=O)N2CC(CSc3nnc(CS(=O)(=O)O)o3)(C(=O)O)CS[C@H]12. The van der Waals surface area contributed by atoms with E-state index >= 15 is 0 Å². The van der Waals surface area contributed by atoms with Crippen molar-refractivity contribution in [1.82, 2.24) is 15.1 Å². The van der Waals surface area contributed by atoms with Gasteiger partial charge in [-0.1, -0.05) is 17.8 Å². The summed E-state index contributed by atoms with van der Waals surface area (Å²) in [6.45, 7) is -0.559. The molecule has 39 heavy (non-hydrogen) atoms. The van der Waals surface area contributed by atoms with E-state index in [9.17, 15) is 32.7 Å². The molecule has 4 amide bonds. The number of nitrogens with one attached hydrogen (secondary N) is 1. The average Bonchev–Trinajstić information content (AvgIpc) is 3.30. The summed E-state index contributed by atoms with van der Waals surface area (Å²) in [6, 6.07) is 4.40. The van der Waals surface area contributed by atoms with Crippen LogP contribution in [0.25, 0.3) is 0 Å². The third-order valence-electron chi connectivity index (χ3n) is 5.91. The first kappa shape index (κ1) is 28.6. The molecule has 2 aliphatic rings. The van der Waals surface area contributed by atoms with Gasteiger partial charge in [-0.25, -0.2) is 4.79 Å². The number of urea groups is 1. The number of β-lactam (4-membered cyclic amide) rings is 1. The van der Waals surface area contributed by atoms with Crippen molar-refractivity contribution in [1.29, 1.82) is 0 Å². The number of aromatic nitrogens is 2. The Bertz CT molecular complexity index is 1420. The topological polar surface area (TPSA) is 252 Å². The number of carboxylic acids is 1. The van der Waals surface area contributed by atoms with Gasteiger partial charge in [0.1, 0.15) is 16.8 Å². The molecule has 0 saturated carbocycles. The molecule has 3 atom stereocenters. The molecule has 1 aromatic heterocycles. The summed E-state index contributed by atoms with van der Waals surface area (Å²) < 4.78 is 36.1. The van der Waals surface area contributed by atoms with Crippen molar-refractivity contribution in [2.75, 3.05) is 34.8 Å². The highest BCUT2D eigenvalue weighted by atomic mass is 32.2. The zero-order valence-corrected chi connectivity index (χ0v) is 22.4. The fourth-order valence-electron chi connectivity index (χ4n) is 4.13. The zero-order chi connectivity index (χ0) is 28.5. The first-order valence-electron chi connectivity index (χ1n) is 11.1. The molecule has 3 heterocycles. The minimum atomic E-state index is -4.39. The van der Waals surface area contributed by atoms with E-state index < -0.39 is 63.1 Å². The van der Waals surface area contributed by atoms with Crippen LogP contribution in [-0.4, -0.2) is 93.0 Å². The van der Waals surface area contributed by atoms with E-state index in [1.807, 2.05) is 0 Å². The van der Waals surface area contributed by atoms with Gasteiger partial charge in [0, 0.05) is 29.4 Å². The number of primary amides is 1. The first-order valence-corrected chi connectivity index (χ1v) is 14.7. The van der Waals surface area contributed by atoms with E-state index in [1.54, 1.807) is 18.2 Å². The summed E-state index contributed by atoms with van der Waals surface area (Å²) in [5, 5.41) is 19.0. The molecule has 2 unspecified atom stereocenters. The number of fused-ring (bicyclic) bond motifs is 1. The van der Waals surface area contributed by atoms with Crippen LogP contribution in [0.2, 0.25) is 0 Å². The Kier molecular flexibility index (Phi) is 8.07. The number of amides is 4. The summed E-state index contributed by atoms with van der Waals surface area (Å²) in [7, 11) is -4.39. The molecule has 0 spiro atoms. The van der Waals surface area contributed by atoms with E-state index in [2.05, 4.69) is 15.5 Å². The van der Waals surface area contributed by atoms with Gasteiger partial charge in [-0.05, 0) is 18.2 Å². The van der Waals surface area contributed by atoms with Gasteiger partial charge >= 0.3 is 12.0 Å². The second kappa shape index (κ2) is 11.0. The zero-order valence-electron chi connectivity index (χ0n) is 19.9. The summed E-state index contributed by atoms with van der Waals surface area (Å²) in [5.41, 5.74) is 9.97. The van der Waals surface area contributed by atoms with Crippen molar-refractivity contribution >= 4 is 68.8 Å². The summed E-state index contributed by atoms with van der Waals surface area (Å²) >= 11 is 2.06. The molecule has 0 bridgehead atoms. The maximum atomic E-state index is 13.3. The molecule has 1 aromatic carbocycles. The molecule has 7 N–H and O–H groups in total. The highest BCUT2D eigenvalue weighted by Gasteiger charge is 2.59. The van der Waals surface area contributed by atoms with E-state index in [4.69, 9.17) is 20.4 Å². The van der Waals surface area contributed by atoms with Crippen molar-refractivity contribution < 1.29 is 41.7 Å². The van der Waals surface area contributed by atoms with Crippen LogP contribution in [0.1, 0.15) is 5.89 Å². The predicted octanol–water partition coefficient (Wildman–Crippen LogP) is -0.613. The number of anilines is 2. The summed E-state index contributed by atoms with van der Waals surface area (Å²) in [6.07, 6.45) is 0. The van der Waals surface area contributed by atoms with Crippen LogP contribution in [0.15, 0.2) is 33.9 Å². The van der Waals surface area contributed by atoms with Crippen LogP contribution in [0.3, 0.4) is 0 Å². The second-order valence-electron chi connectivity index (χ2n) is 8.68. The normalized spacial score (nSPS) is 22.5. The smallest absolute Gasteiger partial charge is 0.316 e. The minimum absolute atomic E-state index is 0.0697. The molecular weight excluding hydrogens is 578 g/mol. The Morgan fingerprint density at radius 2 is 2.08 bits per heavy atom. The molecule has 2 aliphatic heterocycles. The highest BCUT2D eigenvalue weighted by Crippen LogP contribution is 2.46. The summed E-state index contributed by atoms with van der Waals surface area (Å²) in [5.74, 6) is -3.46. The third kappa shape index (κ3) is 6.11. The van der Waals surface area contributed by atoms with Crippen LogP contribution in [0, 0.1) is 5.41 Å². The average molecular weight is 602 g/mol. The lowest BCUT2D eigenvalue weighted by Crippen LogP contribution is -2.75. The summed E-state index contributed by atoms with van der Waals surface area (Å²) in [4.78, 5) is 52.3. The Morgan fingerprint density at radius 1 is 1.33 bits per heavy atom. The van der Waals surface area contributed by atoms with E-state index in [0.29, 0.717) is 11.4 Å². The highest BCUT2D eigenvalue weighted by molar-refractivity contribution is 8.00. The number of carboxylic acid groups (broad SMARTS) is 1. The lowest BCUT2D eigenvalue weighted by atomic mass is 9.89. The van der Waals surface area contributed by atoms with Gasteiger partial charge in [0.05, 0.1) is 6.54 Å². The number of aliphatic carboxylic acids is 1. The quantitative estimate of drug-likeness (QED) is 0.129. The molecule has 4 rings (SSSR count). The molecule has 2 fully saturated rings. The van der Waals surface area contributed by atoms with Crippen LogP contribution < -0.4 is 21.7 Å². The van der Waals surface area contributed by atoms with E-state index in [-0.39, 0.29) is 29.2 Å². The van der Waals surface area contributed by atoms with Crippen molar-refractivity contribution in [3.05, 3.63) is 30.2 Å². The first-order chi connectivity index (χ1) is 18.3. The van der Waals surface area contributed by atoms with Gasteiger partial charge in [0.25, 0.3) is 15.3 Å². The number of carbonyl (C=O) groups excluding carboxylic acids is 3. The van der Waals surface area contributed by atoms with E-state index in [1.165, 1.54) is 27.6 Å². The van der Waals surface area contributed by atoms with Gasteiger partial charge in [-0.15, -0.1) is 22.0 Å². The monoisotopic (exact) mass is 601 g/mol. The molecule has 16 nitrogen and oxygen atoms in total. The number of carbonyl (C=O) groups is 4. The largest absolute Gasteiger partial charge is 0.481 e. The number of hydrogen-bond acceptors (Lipinski definition) is 12. The van der Waals surface area contributed by atoms with Crippen LogP contribution in [0.5, 0.6) is 0 Å². The number of benzene rings is 1. The Hall–Kier alpha value is -3.39. The maximum Gasteiger partial charge on any atom is 0.316 e. The Morgan fingerprint density at radius 3 is 2.72 bits per heavy atom. The molecule has 19 heteroatoms.